The maximum absolute atomic E-state index is 13.8. The second-order valence-electron chi connectivity index (χ2n) is 4.79. The molecule has 1 rings (SSSR count). The first kappa shape index (κ1) is 16.4. The molecule has 0 atom stereocenters. The van der Waals surface area contributed by atoms with Crippen molar-refractivity contribution in [1.82, 2.24) is 10.2 Å². The maximum Gasteiger partial charge on any atom is 0.225 e. The SMILES string of the molecule is CCCNCc1cccc(F)c1OCCC(=O)N(C)C. The van der Waals surface area contributed by atoms with Gasteiger partial charge in [0.1, 0.15) is 0 Å². The van der Waals surface area contributed by atoms with E-state index < -0.39 is 5.82 Å². The van der Waals surface area contributed by atoms with E-state index in [9.17, 15) is 9.18 Å². The second-order valence-corrected chi connectivity index (χ2v) is 4.79. The van der Waals surface area contributed by atoms with E-state index in [0.717, 1.165) is 18.5 Å². The van der Waals surface area contributed by atoms with Crippen LogP contribution in [0.3, 0.4) is 0 Å². The van der Waals surface area contributed by atoms with E-state index in [2.05, 4.69) is 12.2 Å². The number of carbonyl (C=O) groups is 1. The van der Waals surface area contributed by atoms with Gasteiger partial charge in [0.2, 0.25) is 5.91 Å². The van der Waals surface area contributed by atoms with Gasteiger partial charge in [0.05, 0.1) is 13.0 Å². The van der Waals surface area contributed by atoms with Crippen LogP contribution in [0.15, 0.2) is 18.2 Å². The average Bonchev–Trinajstić information content (AvgIpc) is 2.41. The van der Waals surface area contributed by atoms with Crippen LogP contribution in [0.5, 0.6) is 5.75 Å². The predicted octanol–water partition coefficient (Wildman–Crippen LogP) is 2.18. The van der Waals surface area contributed by atoms with Gasteiger partial charge in [-0.15, -0.1) is 0 Å². The van der Waals surface area contributed by atoms with Crippen LogP contribution in [0.4, 0.5) is 4.39 Å². The normalized spacial score (nSPS) is 10.4. The van der Waals surface area contributed by atoms with Crippen LogP contribution in [-0.4, -0.2) is 38.1 Å². The molecule has 0 bridgehead atoms. The zero-order chi connectivity index (χ0) is 15.0. The highest BCUT2D eigenvalue weighted by Gasteiger charge is 2.11. The Hall–Kier alpha value is -1.62. The van der Waals surface area contributed by atoms with Gasteiger partial charge in [0, 0.05) is 26.2 Å². The van der Waals surface area contributed by atoms with E-state index >= 15 is 0 Å². The third kappa shape index (κ3) is 5.17. The highest BCUT2D eigenvalue weighted by atomic mass is 19.1. The molecule has 0 aliphatic carbocycles. The van der Waals surface area contributed by atoms with Gasteiger partial charge < -0.3 is 15.0 Å². The topological polar surface area (TPSA) is 41.6 Å². The summed E-state index contributed by atoms with van der Waals surface area (Å²) in [5.74, 6) is -0.187. The Morgan fingerprint density at radius 1 is 1.40 bits per heavy atom. The molecule has 4 nitrogen and oxygen atoms in total. The number of rotatable bonds is 8. The van der Waals surface area contributed by atoms with Gasteiger partial charge in [-0.2, -0.15) is 0 Å². The Kier molecular flexibility index (Phi) is 7.01. The fourth-order valence-electron chi connectivity index (χ4n) is 1.72. The number of hydrogen-bond acceptors (Lipinski definition) is 3. The lowest BCUT2D eigenvalue weighted by Gasteiger charge is -2.14. The van der Waals surface area contributed by atoms with E-state index in [1.54, 1.807) is 20.2 Å². The fraction of sp³-hybridized carbons (Fsp3) is 0.533. The van der Waals surface area contributed by atoms with Crippen molar-refractivity contribution < 1.29 is 13.9 Å². The van der Waals surface area contributed by atoms with Crippen molar-refractivity contribution >= 4 is 5.91 Å². The summed E-state index contributed by atoms with van der Waals surface area (Å²) < 4.78 is 19.3. The Morgan fingerprint density at radius 3 is 2.80 bits per heavy atom. The number of para-hydroxylation sites is 1. The molecule has 0 fully saturated rings. The quantitative estimate of drug-likeness (QED) is 0.743. The molecular weight excluding hydrogens is 259 g/mol. The molecule has 0 aliphatic heterocycles. The Labute approximate surface area is 119 Å². The second kappa shape index (κ2) is 8.53. The summed E-state index contributed by atoms with van der Waals surface area (Å²) in [5, 5.41) is 3.21. The number of carbonyl (C=O) groups excluding carboxylic acids is 1. The van der Waals surface area contributed by atoms with Gasteiger partial charge in [-0.3, -0.25) is 4.79 Å². The van der Waals surface area contributed by atoms with Crippen molar-refractivity contribution in [2.24, 2.45) is 0 Å². The van der Waals surface area contributed by atoms with Gasteiger partial charge in [0.15, 0.2) is 11.6 Å². The summed E-state index contributed by atoms with van der Waals surface area (Å²) in [7, 11) is 3.37. The fourth-order valence-corrected chi connectivity index (χ4v) is 1.72. The molecule has 20 heavy (non-hydrogen) atoms. The molecule has 0 radical (unpaired) electrons. The monoisotopic (exact) mass is 282 g/mol. The number of nitrogens with one attached hydrogen (secondary N) is 1. The van der Waals surface area contributed by atoms with Crippen LogP contribution >= 0.6 is 0 Å². The molecule has 1 amide bonds. The minimum atomic E-state index is -0.391. The molecule has 0 aromatic heterocycles. The lowest BCUT2D eigenvalue weighted by molar-refractivity contribution is -0.129. The first-order valence-electron chi connectivity index (χ1n) is 6.87. The maximum atomic E-state index is 13.8. The molecule has 0 spiro atoms. The van der Waals surface area contributed by atoms with Crippen molar-refractivity contribution in [1.29, 1.82) is 0 Å². The largest absolute Gasteiger partial charge is 0.490 e. The van der Waals surface area contributed by atoms with Crippen molar-refractivity contribution in [3.63, 3.8) is 0 Å². The van der Waals surface area contributed by atoms with E-state index in [1.807, 2.05) is 6.07 Å². The van der Waals surface area contributed by atoms with Crippen molar-refractivity contribution in [3.05, 3.63) is 29.6 Å². The number of ether oxygens (including phenoxy) is 1. The lowest BCUT2D eigenvalue weighted by atomic mass is 10.2. The van der Waals surface area contributed by atoms with Gasteiger partial charge in [-0.1, -0.05) is 19.1 Å². The summed E-state index contributed by atoms with van der Waals surface area (Å²) in [6, 6.07) is 4.86. The highest BCUT2D eigenvalue weighted by molar-refractivity contribution is 5.75. The molecule has 1 aromatic rings. The molecule has 0 saturated carbocycles. The summed E-state index contributed by atoms with van der Waals surface area (Å²) in [5.41, 5.74) is 0.774. The van der Waals surface area contributed by atoms with Crippen molar-refractivity contribution in [2.45, 2.75) is 26.3 Å². The molecule has 1 aromatic carbocycles. The van der Waals surface area contributed by atoms with E-state index in [-0.39, 0.29) is 24.7 Å². The summed E-state index contributed by atoms with van der Waals surface area (Å²) in [6.07, 6.45) is 1.26. The Balaban J connectivity index is 2.60. The third-order valence-electron chi connectivity index (χ3n) is 2.85. The van der Waals surface area contributed by atoms with Gasteiger partial charge in [0.25, 0.3) is 0 Å². The summed E-state index contributed by atoms with van der Waals surface area (Å²) in [6.45, 7) is 3.68. The first-order valence-corrected chi connectivity index (χ1v) is 6.87. The first-order chi connectivity index (χ1) is 9.56. The molecule has 0 unspecified atom stereocenters. The van der Waals surface area contributed by atoms with Gasteiger partial charge >= 0.3 is 0 Å². The standard InChI is InChI=1S/C15H23FN2O2/c1-4-9-17-11-12-6-5-7-13(16)15(12)20-10-8-14(19)18(2)3/h5-7,17H,4,8-11H2,1-3H3. The summed E-state index contributed by atoms with van der Waals surface area (Å²) in [4.78, 5) is 12.9. The zero-order valence-corrected chi connectivity index (χ0v) is 12.4. The van der Waals surface area contributed by atoms with Gasteiger partial charge in [-0.25, -0.2) is 4.39 Å². The smallest absolute Gasteiger partial charge is 0.225 e. The van der Waals surface area contributed by atoms with Crippen LogP contribution in [0, 0.1) is 5.82 Å². The minimum Gasteiger partial charge on any atom is -0.490 e. The lowest BCUT2D eigenvalue weighted by Crippen LogP contribution is -2.23. The van der Waals surface area contributed by atoms with Crippen LogP contribution in [0.2, 0.25) is 0 Å². The van der Waals surface area contributed by atoms with Crippen molar-refractivity contribution in [3.8, 4) is 5.75 Å². The molecular formula is C15H23FN2O2. The number of nitrogens with zero attached hydrogens (tertiary/aromatic N) is 1. The zero-order valence-electron chi connectivity index (χ0n) is 12.4. The number of halogens is 1. The third-order valence-corrected chi connectivity index (χ3v) is 2.85. The number of hydrogen-bond donors (Lipinski definition) is 1. The molecule has 0 aliphatic rings. The predicted molar refractivity (Wildman–Crippen MR) is 77.2 cm³/mol. The van der Waals surface area contributed by atoms with E-state index in [0.29, 0.717) is 6.54 Å². The molecule has 112 valence electrons. The van der Waals surface area contributed by atoms with Crippen LogP contribution in [-0.2, 0) is 11.3 Å². The molecule has 0 heterocycles. The highest BCUT2D eigenvalue weighted by Crippen LogP contribution is 2.22. The van der Waals surface area contributed by atoms with Crippen LogP contribution < -0.4 is 10.1 Å². The molecule has 1 N–H and O–H groups in total. The Bertz CT molecular complexity index is 436. The van der Waals surface area contributed by atoms with E-state index in [4.69, 9.17) is 4.74 Å². The number of benzene rings is 1. The molecule has 0 saturated heterocycles. The van der Waals surface area contributed by atoms with Gasteiger partial charge in [-0.05, 0) is 19.0 Å². The molecule has 5 heteroatoms. The Morgan fingerprint density at radius 2 is 2.15 bits per heavy atom. The van der Waals surface area contributed by atoms with Crippen LogP contribution in [0.1, 0.15) is 25.3 Å². The van der Waals surface area contributed by atoms with Crippen molar-refractivity contribution in [2.75, 3.05) is 27.2 Å². The average molecular weight is 282 g/mol. The summed E-state index contributed by atoms with van der Waals surface area (Å²) >= 11 is 0. The minimum absolute atomic E-state index is 0.0352. The van der Waals surface area contributed by atoms with E-state index in [1.165, 1.54) is 11.0 Å². The van der Waals surface area contributed by atoms with Crippen LogP contribution in [0.25, 0.3) is 0 Å². The number of amides is 1.